The average Bonchev–Trinajstić information content (AvgIpc) is 2.54. The second-order valence-electron chi connectivity index (χ2n) is 5.35. The van der Waals surface area contributed by atoms with Crippen molar-refractivity contribution in [1.29, 1.82) is 0 Å². The number of benzene rings is 2. The number of hydrogen-bond donors (Lipinski definition) is 1. The van der Waals surface area contributed by atoms with E-state index >= 15 is 0 Å². The Kier molecular flexibility index (Phi) is 6.80. The van der Waals surface area contributed by atoms with Crippen molar-refractivity contribution in [2.24, 2.45) is 11.8 Å². The largest absolute Gasteiger partial charge is 0.252 e. The minimum absolute atomic E-state index is 0.314. The Balaban J connectivity index is 1.90. The first-order valence-corrected chi connectivity index (χ1v) is 8.26. The maximum Gasteiger partial charge on any atom is 0.0853 e. The van der Waals surface area contributed by atoms with Gasteiger partial charge in [-0.3, -0.25) is 5.26 Å². The molecule has 112 valence electrons. The molecule has 2 unspecified atom stereocenters. The normalized spacial score (nSPS) is 13.8. The molecule has 2 aromatic carbocycles. The molecular formula is C18H22O2S. The molecule has 1 N–H and O–H groups in total. The maximum absolute atomic E-state index is 8.84. The molecule has 2 rings (SSSR count). The van der Waals surface area contributed by atoms with Crippen molar-refractivity contribution < 1.29 is 10.1 Å². The Morgan fingerprint density at radius 2 is 1.62 bits per heavy atom. The summed E-state index contributed by atoms with van der Waals surface area (Å²) in [5.74, 6) is 1.79. The van der Waals surface area contributed by atoms with Gasteiger partial charge in [0.25, 0.3) is 0 Å². The Hall–Kier alpha value is -1.29. The molecule has 0 bridgehead atoms. The van der Waals surface area contributed by atoms with Crippen molar-refractivity contribution in [2.75, 3.05) is 12.4 Å². The molecule has 0 aromatic heterocycles. The summed E-state index contributed by atoms with van der Waals surface area (Å²) in [6, 6.07) is 20.8. The van der Waals surface area contributed by atoms with Gasteiger partial charge in [-0.2, -0.15) is 0 Å². The van der Waals surface area contributed by atoms with E-state index < -0.39 is 0 Å². The second-order valence-corrected chi connectivity index (χ2v) is 6.44. The highest BCUT2D eigenvalue weighted by atomic mass is 32.2. The average molecular weight is 302 g/mol. The molecule has 0 aliphatic heterocycles. The molecule has 0 radical (unpaired) electrons. The zero-order valence-electron chi connectivity index (χ0n) is 12.3. The number of thioether (sulfide) groups is 1. The van der Waals surface area contributed by atoms with Crippen molar-refractivity contribution in [3.8, 4) is 0 Å². The Labute approximate surface area is 131 Å². The van der Waals surface area contributed by atoms with Crippen molar-refractivity contribution in [3.63, 3.8) is 0 Å². The zero-order chi connectivity index (χ0) is 14.9. The third-order valence-corrected chi connectivity index (χ3v) is 4.99. The third kappa shape index (κ3) is 5.54. The van der Waals surface area contributed by atoms with Gasteiger partial charge in [0.2, 0.25) is 0 Å². The molecule has 0 saturated heterocycles. The van der Waals surface area contributed by atoms with Crippen LogP contribution in [0.5, 0.6) is 0 Å². The van der Waals surface area contributed by atoms with Gasteiger partial charge >= 0.3 is 0 Å². The lowest BCUT2D eigenvalue weighted by molar-refractivity contribution is -0.253. The lowest BCUT2D eigenvalue weighted by Gasteiger charge is -2.22. The van der Waals surface area contributed by atoms with E-state index in [1.165, 1.54) is 10.5 Å². The van der Waals surface area contributed by atoms with Crippen LogP contribution in [0, 0.1) is 11.8 Å². The van der Waals surface area contributed by atoms with Gasteiger partial charge in [-0.25, -0.2) is 4.89 Å². The maximum atomic E-state index is 8.84. The fraction of sp³-hybridized carbons (Fsp3) is 0.333. The SMILES string of the molecule is CC(CSc1ccccc1)C(COO)Cc1ccccc1. The topological polar surface area (TPSA) is 29.5 Å². The molecular weight excluding hydrogens is 280 g/mol. The van der Waals surface area contributed by atoms with Gasteiger partial charge in [0.15, 0.2) is 0 Å². The van der Waals surface area contributed by atoms with E-state index in [0.29, 0.717) is 18.4 Å². The van der Waals surface area contributed by atoms with Gasteiger partial charge in [-0.15, -0.1) is 11.8 Å². The van der Waals surface area contributed by atoms with E-state index in [-0.39, 0.29) is 0 Å². The lowest BCUT2D eigenvalue weighted by atomic mass is 9.90. The summed E-state index contributed by atoms with van der Waals surface area (Å²) >= 11 is 1.86. The van der Waals surface area contributed by atoms with Crippen LogP contribution in [0.25, 0.3) is 0 Å². The molecule has 0 heterocycles. The molecule has 21 heavy (non-hydrogen) atoms. The van der Waals surface area contributed by atoms with Crippen molar-refractivity contribution in [1.82, 2.24) is 0 Å². The summed E-state index contributed by atoms with van der Waals surface area (Å²) in [4.78, 5) is 5.73. The van der Waals surface area contributed by atoms with Gasteiger partial charge in [0.05, 0.1) is 6.61 Å². The lowest BCUT2D eigenvalue weighted by Crippen LogP contribution is -2.21. The zero-order valence-corrected chi connectivity index (χ0v) is 13.1. The number of rotatable bonds is 8. The summed E-state index contributed by atoms with van der Waals surface area (Å²) in [5, 5.41) is 8.84. The molecule has 2 nitrogen and oxygen atoms in total. The van der Waals surface area contributed by atoms with Crippen LogP contribution in [0.4, 0.5) is 0 Å². The van der Waals surface area contributed by atoms with Gasteiger partial charge in [0.1, 0.15) is 0 Å². The highest BCUT2D eigenvalue weighted by Gasteiger charge is 2.18. The Morgan fingerprint density at radius 1 is 1.00 bits per heavy atom. The second kappa shape index (κ2) is 8.88. The summed E-state index contributed by atoms with van der Waals surface area (Å²) in [6.45, 7) is 2.61. The van der Waals surface area contributed by atoms with Crippen LogP contribution in [-0.2, 0) is 11.3 Å². The van der Waals surface area contributed by atoms with E-state index in [1.54, 1.807) is 0 Å². The minimum Gasteiger partial charge on any atom is -0.252 e. The summed E-state index contributed by atoms with van der Waals surface area (Å²) in [7, 11) is 0. The van der Waals surface area contributed by atoms with Gasteiger partial charge < -0.3 is 0 Å². The Morgan fingerprint density at radius 3 is 2.24 bits per heavy atom. The van der Waals surface area contributed by atoms with Crippen molar-refractivity contribution in [2.45, 2.75) is 18.2 Å². The summed E-state index contributed by atoms with van der Waals surface area (Å²) in [5.41, 5.74) is 1.29. The van der Waals surface area contributed by atoms with Crippen LogP contribution in [0.15, 0.2) is 65.6 Å². The van der Waals surface area contributed by atoms with E-state index in [4.69, 9.17) is 5.26 Å². The van der Waals surface area contributed by atoms with E-state index in [1.807, 2.05) is 23.9 Å². The molecule has 2 atom stereocenters. The van der Waals surface area contributed by atoms with Crippen LogP contribution in [0.2, 0.25) is 0 Å². The van der Waals surface area contributed by atoms with Gasteiger partial charge in [0, 0.05) is 10.6 Å². The summed E-state index contributed by atoms with van der Waals surface area (Å²) in [6.07, 6.45) is 0.928. The van der Waals surface area contributed by atoms with Crippen molar-refractivity contribution >= 4 is 11.8 Å². The monoisotopic (exact) mass is 302 g/mol. The molecule has 0 amide bonds. The first-order valence-electron chi connectivity index (χ1n) is 7.27. The molecule has 2 aromatic rings. The minimum atomic E-state index is 0.314. The number of hydrogen-bond acceptors (Lipinski definition) is 3. The molecule has 0 aliphatic rings. The standard InChI is InChI=1S/C18H22O2S/c1-15(14-21-18-10-6-3-7-11-18)17(13-20-19)12-16-8-4-2-5-9-16/h2-11,15,17,19H,12-14H2,1H3. The predicted octanol–water partition coefficient (Wildman–Crippen LogP) is 4.76. The van der Waals surface area contributed by atoms with Gasteiger partial charge in [-0.1, -0.05) is 55.5 Å². The molecule has 3 heteroatoms. The van der Waals surface area contributed by atoms with E-state index in [0.717, 1.165) is 12.2 Å². The van der Waals surface area contributed by atoms with E-state index in [2.05, 4.69) is 60.3 Å². The fourth-order valence-electron chi connectivity index (χ4n) is 2.32. The predicted molar refractivity (Wildman–Crippen MR) is 88.5 cm³/mol. The molecule has 0 aliphatic carbocycles. The quantitative estimate of drug-likeness (QED) is 0.433. The van der Waals surface area contributed by atoms with Crippen LogP contribution in [-0.4, -0.2) is 17.6 Å². The molecule has 0 saturated carbocycles. The van der Waals surface area contributed by atoms with Gasteiger partial charge in [-0.05, 0) is 36.0 Å². The van der Waals surface area contributed by atoms with Crippen LogP contribution >= 0.6 is 11.8 Å². The Bertz CT molecular complexity index is 501. The van der Waals surface area contributed by atoms with Crippen LogP contribution in [0.3, 0.4) is 0 Å². The van der Waals surface area contributed by atoms with Crippen molar-refractivity contribution in [3.05, 3.63) is 66.2 Å². The highest BCUT2D eigenvalue weighted by molar-refractivity contribution is 7.99. The molecule has 0 spiro atoms. The van der Waals surface area contributed by atoms with Crippen LogP contribution < -0.4 is 0 Å². The summed E-state index contributed by atoms with van der Waals surface area (Å²) < 4.78 is 0. The smallest absolute Gasteiger partial charge is 0.0853 e. The first-order chi connectivity index (χ1) is 10.3. The van der Waals surface area contributed by atoms with E-state index in [9.17, 15) is 0 Å². The van der Waals surface area contributed by atoms with Crippen LogP contribution in [0.1, 0.15) is 12.5 Å². The third-order valence-electron chi connectivity index (χ3n) is 3.69. The first kappa shape index (κ1) is 16.1. The highest BCUT2D eigenvalue weighted by Crippen LogP contribution is 2.26. The fourth-order valence-corrected chi connectivity index (χ4v) is 3.39. The molecule has 0 fully saturated rings.